The van der Waals surface area contributed by atoms with Crippen LogP contribution < -0.4 is 10.5 Å². The Labute approximate surface area is 165 Å². The molecule has 0 N–H and O–H groups in total. The van der Waals surface area contributed by atoms with Gasteiger partial charge >= 0.3 is 0 Å². The van der Waals surface area contributed by atoms with Gasteiger partial charge in [-0.1, -0.05) is 38.5 Å². The van der Waals surface area contributed by atoms with Crippen LogP contribution >= 0.6 is 11.8 Å². The van der Waals surface area contributed by atoms with Gasteiger partial charge in [0.1, 0.15) is 0 Å². The molecule has 1 aliphatic rings. The Morgan fingerprint density at radius 1 is 1.15 bits per heavy atom. The highest BCUT2D eigenvalue weighted by Crippen LogP contribution is 2.28. The molecular weight excluding hydrogens is 358 g/mol. The van der Waals surface area contributed by atoms with Gasteiger partial charge in [0.15, 0.2) is 16.3 Å². The van der Waals surface area contributed by atoms with E-state index in [1.165, 1.54) is 6.42 Å². The van der Waals surface area contributed by atoms with E-state index in [1.54, 1.807) is 23.4 Å². The molecule has 0 aliphatic carbocycles. The topological polar surface area (TPSA) is 56.0 Å². The molecule has 0 aromatic carbocycles. The van der Waals surface area contributed by atoms with E-state index >= 15 is 0 Å². The molecule has 27 heavy (non-hydrogen) atoms. The van der Waals surface area contributed by atoms with Gasteiger partial charge in [-0.2, -0.15) is 4.98 Å². The molecule has 7 heteroatoms. The number of nitrogens with zero attached hydrogens (tertiary/aromatic N) is 5. The van der Waals surface area contributed by atoms with Crippen molar-refractivity contribution in [3.8, 4) is 11.8 Å². The summed E-state index contributed by atoms with van der Waals surface area (Å²) in [6.07, 6.45) is 3.56. The number of fused-ring (bicyclic) bond motifs is 1. The first-order valence-corrected chi connectivity index (χ1v) is 10.6. The number of aromatic nitrogens is 4. The fourth-order valence-electron chi connectivity index (χ4n) is 3.18. The van der Waals surface area contributed by atoms with Crippen LogP contribution in [-0.2, 0) is 13.6 Å². The van der Waals surface area contributed by atoms with Crippen LogP contribution in [0.5, 0.6) is 0 Å². The van der Waals surface area contributed by atoms with Crippen molar-refractivity contribution in [2.45, 2.75) is 63.9 Å². The summed E-state index contributed by atoms with van der Waals surface area (Å²) in [6, 6.07) is 0. The Morgan fingerprint density at radius 3 is 2.48 bits per heavy atom. The molecule has 6 nitrogen and oxygen atoms in total. The monoisotopic (exact) mass is 387 g/mol. The van der Waals surface area contributed by atoms with Crippen molar-refractivity contribution in [1.29, 1.82) is 0 Å². The minimum atomic E-state index is -0.0490. The normalized spacial score (nSPS) is 15.9. The molecule has 146 valence electrons. The van der Waals surface area contributed by atoms with Gasteiger partial charge in [-0.15, -0.1) is 5.92 Å². The Bertz CT molecular complexity index is 928. The van der Waals surface area contributed by atoms with Gasteiger partial charge in [0.2, 0.25) is 5.95 Å². The van der Waals surface area contributed by atoms with Crippen LogP contribution in [0.1, 0.15) is 47.0 Å². The molecule has 0 spiro atoms. The Hall–Kier alpha value is -1.94. The minimum absolute atomic E-state index is 0.0490. The van der Waals surface area contributed by atoms with Crippen LogP contribution in [0.4, 0.5) is 5.95 Å². The van der Waals surface area contributed by atoms with Gasteiger partial charge in [0, 0.05) is 25.4 Å². The minimum Gasteiger partial charge on any atom is -0.342 e. The lowest BCUT2D eigenvalue weighted by Gasteiger charge is -2.27. The third kappa shape index (κ3) is 4.01. The molecule has 2 aromatic heterocycles. The molecule has 1 atom stereocenters. The fourth-order valence-corrected chi connectivity index (χ4v) is 4.16. The number of thioether (sulfide) groups is 1. The zero-order valence-corrected chi connectivity index (χ0v) is 17.8. The first-order chi connectivity index (χ1) is 12.9. The summed E-state index contributed by atoms with van der Waals surface area (Å²) in [5.41, 5.74) is 1.05. The van der Waals surface area contributed by atoms with Crippen molar-refractivity contribution in [2.24, 2.45) is 13.0 Å². The largest absolute Gasteiger partial charge is 0.342 e. The Morgan fingerprint density at radius 2 is 1.85 bits per heavy atom. The molecule has 1 fully saturated rings. The standard InChI is InChI=1S/C20H29N5OS/c1-6-7-13-25-16-17(21-19(25)24-11-9-8-10-12-24)22-20(23(5)18(16)26)27-15(4)14(2)3/h14-15H,8-13H2,1-5H3. The van der Waals surface area contributed by atoms with E-state index in [0.29, 0.717) is 28.9 Å². The molecule has 3 rings (SSSR count). The van der Waals surface area contributed by atoms with E-state index in [9.17, 15) is 4.79 Å². The SMILES string of the molecule is CC#CCn1c(N2CCCCC2)nc2nc(SC(C)C(C)C)n(C)c(=O)c21. The first kappa shape index (κ1) is 19.8. The molecule has 0 radical (unpaired) electrons. The third-order valence-electron chi connectivity index (χ3n) is 5.21. The van der Waals surface area contributed by atoms with Crippen molar-refractivity contribution in [2.75, 3.05) is 18.0 Å². The van der Waals surface area contributed by atoms with E-state index < -0.39 is 0 Å². The van der Waals surface area contributed by atoms with Crippen molar-refractivity contribution >= 4 is 28.9 Å². The van der Waals surface area contributed by atoms with E-state index in [1.807, 2.05) is 11.5 Å². The summed E-state index contributed by atoms with van der Waals surface area (Å²) >= 11 is 1.64. The van der Waals surface area contributed by atoms with E-state index in [2.05, 4.69) is 37.5 Å². The summed E-state index contributed by atoms with van der Waals surface area (Å²) < 4.78 is 3.61. The summed E-state index contributed by atoms with van der Waals surface area (Å²) in [5.74, 6) is 7.36. The van der Waals surface area contributed by atoms with Crippen LogP contribution in [0.25, 0.3) is 11.2 Å². The quantitative estimate of drug-likeness (QED) is 0.448. The molecule has 1 unspecified atom stereocenters. The second-order valence-electron chi connectivity index (χ2n) is 7.47. The zero-order valence-electron chi connectivity index (χ0n) is 16.9. The number of piperidine rings is 1. The molecule has 1 saturated heterocycles. The second kappa shape index (κ2) is 8.39. The van der Waals surface area contributed by atoms with Crippen LogP contribution in [0.15, 0.2) is 9.95 Å². The van der Waals surface area contributed by atoms with Gasteiger partial charge in [0.05, 0.1) is 6.54 Å². The average Bonchev–Trinajstić information content (AvgIpc) is 3.03. The summed E-state index contributed by atoms with van der Waals surface area (Å²) in [5, 5.41) is 1.10. The number of rotatable bonds is 5. The Kier molecular flexibility index (Phi) is 6.15. The Balaban J connectivity index is 2.14. The van der Waals surface area contributed by atoms with E-state index in [4.69, 9.17) is 9.97 Å². The fraction of sp³-hybridized carbons (Fsp3) is 0.650. The highest BCUT2D eigenvalue weighted by atomic mass is 32.2. The van der Waals surface area contributed by atoms with Crippen LogP contribution in [-0.4, -0.2) is 37.4 Å². The van der Waals surface area contributed by atoms with Crippen LogP contribution in [0.3, 0.4) is 0 Å². The van der Waals surface area contributed by atoms with Crippen molar-refractivity contribution in [3.63, 3.8) is 0 Å². The first-order valence-electron chi connectivity index (χ1n) is 9.72. The molecule has 1 aliphatic heterocycles. The predicted octanol–water partition coefficient (Wildman–Crippen LogP) is 3.28. The molecule has 3 heterocycles. The van der Waals surface area contributed by atoms with E-state index in [-0.39, 0.29) is 5.56 Å². The highest BCUT2D eigenvalue weighted by molar-refractivity contribution is 7.99. The number of hydrogen-bond acceptors (Lipinski definition) is 5. The summed E-state index contributed by atoms with van der Waals surface area (Å²) in [4.78, 5) is 25.0. The molecule has 0 saturated carbocycles. The highest BCUT2D eigenvalue weighted by Gasteiger charge is 2.23. The van der Waals surface area contributed by atoms with Crippen LogP contribution in [0, 0.1) is 17.8 Å². The maximum atomic E-state index is 13.2. The maximum Gasteiger partial charge on any atom is 0.280 e. The second-order valence-corrected chi connectivity index (χ2v) is 8.81. The summed E-state index contributed by atoms with van der Waals surface area (Å²) in [6.45, 7) is 10.7. The lowest BCUT2D eigenvalue weighted by molar-refractivity contribution is 0.561. The van der Waals surface area contributed by atoms with Gasteiger partial charge in [-0.3, -0.25) is 13.9 Å². The summed E-state index contributed by atoms with van der Waals surface area (Å²) in [7, 11) is 1.80. The molecule has 2 aromatic rings. The molecular formula is C20H29N5OS. The number of hydrogen-bond donors (Lipinski definition) is 0. The number of anilines is 1. The molecule has 0 amide bonds. The van der Waals surface area contributed by atoms with Crippen LogP contribution in [0.2, 0.25) is 0 Å². The van der Waals surface area contributed by atoms with Gasteiger partial charge < -0.3 is 4.90 Å². The van der Waals surface area contributed by atoms with Gasteiger partial charge in [0.25, 0.3) is 5.56 Å². The number of imidazole rings is 1. The smallest absolute Gasteiger partial charge is 0.280 e. The third-order valence-corrected chi connectivity index (χ3v) is 6.70. The van der Waals surface area contributed by atoms with Gasteiger partial charge in [-0.05, 0) is 32.1 Å². The maximum absolute atomic E-state index is 13.2. The lowest BCUT2D eigenvalue weighted by atomic mass is 10.1. The molecule has 0 bridgehead atoms. The van der Waals surface area contributed by atoms with E-state index in [0.717, 1.165) is 37.0 Å². The van der Waals surface area contributed by atoms with Gasteiger partial charge in [-0.25, -0.2) is 4.98 Å². The predicted molar refractivity (Wildman–Crippen MR) is 112 cm³/mol. The van der Waals surface area contributed by atoms with Crippen molar-refractivity contribution < 1.29 is 0 Å². The lowest BCUT2D eigenvalue weighted by Crippen LogP contribution is -2.32. The average molecular weight is 388 g/mol. The van der Waals surface area contributed by atoms with Crippen molar-refractivity contribution in [1.82, 2.24) is 19.1 Å². The zero-order chi connectivity index (χ0) is 19.6. The van der Waals surface area contributed by atoms with Crippen molar-refractivity contribution in [3.05, 3.63) is 10.4 Å².